The van der Waals surface area contributed by atoms with E-state index in [-0.39, 0.29) is 23.9 Å². The molecule has 1 amide bonds. The fourth-order valence-electron chi connectivity index (χ4n) is 4.63. The molecule has 0 radical (unpaired) electrons. The van der Waals surface area contributed by atoms with Crippen LogP contribution in [0.4, 0.5) is 9.18 Å². The van der Waals surface area contributed by atoms with Crippen molar-refractivity contribution in [2.24, 2.45) is 11.1 Å². The molecule has 190 valence electrons. The summed E-state index contributed by atoms with van der Waals surface area (Å²) < 4.78 is 19.6. The van der Waals surface area contributed by atoms with Gasteiger partial charge in [-0.1, -0.05) is 17.3 Å². The molecule has 1 aromatic heterocycles. The number of rotatable bonds is 5. The maximum absolute atomic E-state index is 14.2. The zero-order valence-electron chi connectivity index (χ0n) is 21.0. The fraction of sp³-hybridized carbons (Fsp3) is 0.444. The number of likely N-dealkylation sites (tertiary alicyclic amines) is 1. The number of nitrogens with one attached hydrogen (secondary N) is 2. The molecule has 2 atom stereocenters. The van der Waals surface area contributed by atoms with Gasteiger partial charge in [0, 0.05) is 29.4 Å². The third-order valence-electron chi connectivity index (χ3n) is 6.28. The van der Waals surface area contributed by atoms with Crippen LogP contribution >= 0.6 is 0 Å². The Morgan fingerprint density at radius 2 is 1.97 bits per heavy atom. The van der Waals surface area contributed by atoms with E-state index in [0.717, 1.165) is 16.7 Å². The lowest BCUT2D eigenvalue weighted by atomic mass is 9.73. The van der Waals surface area contributed by atoms with Crippen molar-refractivity contribution in [2.45, 2.75) is 58.2 Å². The van der Waals surface area contributed by atoms with Gasteiger partial charge in [-0.3, -0.25) is 4.98 Å². The van der Waals surface area contributed by atoms with Crippen LogP contribution in [0, 0.1) is 22.6 Å². The summed E-state index contributed by atoms with van der Waals surface area (Å²) in [6.07, 6.45) is 3.62. The van der Waals surface area contributed by atoms with Gasteiger partial charge < -0.3 is 25.3 Å². The van der Waals surface area contributed by atoms with E-state index in [2.05, 4.69) is 10.1 Å². The van der Waals surface area contributed by atoms with Gasteiger partial charge in [0.2, 0.25) is 0 Å². The second kappa shape index (κ2) is 10.2. The molecule has 9 heteroatoms. The molecule has 1 saturated heterocycles. The molecule has 8 nitrogen and oxygen atoms in total. The number of oxime groups is 1. The third-order valence-corrected chi connectivity index (χ3v) is 6.28. The van der Waals surface area contributed by atoms with Crippen LogP contribution in [0.15, 0.2) is 47.9 Å². The van der Waals surface area contributed by atoms with E-state index in [9.17, 15) is 9.18 Å². The molecular weight excluding hydrogens is 461 g/mol. The average Bonchev–Trinajstić information content (AvgIpc) is 2.76. The second-order valence-corrected chi connectivity index (χ2v) is 10.4. The Balaban J connectivity index is 1.52. The van der Waals surface area contributed by atoms with Gasteiger partial charge in [0.05, 0.1) is 24.7 Å². The lowest BCUT2D eigenvalue weighted by Gasteiger charge is -2.38. The number of carbonyl (C=O) groups excluding carboxylic acids is 1. The second-order valence-electron chi connectivity index (χ2n) is 10.4. The summed E-state index contributed by atoms with van der Waals surface area (Å²) in [5.74, 6) is -0.982. The van der Waals surface area contributed by atoms with Crippen LogP contribution in [0.25, 0.3) is 11.1 Å². The molecule has 0 bridgehead atoms. The van der Waals surface area contributed by atoms with Crippen molar-refractivity contribution in [3.05, 3.63) is 54.1 Å². The van der Waals surface area contributed by atoms with E-state index in [0.29, 0.717) is 43.1 Å². The Labute approximate surface area is 210 Å². The first-order valence-electron chi connectivity index (χ1n) is 12.0. The van der Waals surface area contributed by atoms with Crippen LogP contribution in [-0.2, 0) is 9.57 Å². The van der Waals surface area contributed by atoms with Crippen molar-refractivity contribution in [3.63, 3.8) is 0 Å². The molecule has 2 aromatic rings. The van der Waals surface area contributed by atoms with Crippen molar-refractivity contribution in [2.75, 3.05) is 13.1 Å². The number of ether oxygens (including phenoxy) is 1. The number of benzene rings is 1. The number of nitrogens with zero attached hydrogens (tertiary/aromatic N) is 3. The van der Waals surface area contributed by atoms with Gasteiger partial charge in [-0.25, -0.2) is 9.18 Å². The van der Waals surface area contributed by atoms with Gasteiger partial charge in [0.1, 0.15) is 11.4 Å². The highest BCUT2D eigenvalue weighted by atomic mass is 19.1. The van der Waals surface area contributed by atoms with Crippen molar-refractivity contribution < 1.29 is 18.8 Å². The number of pyridine rings is 1. The first-order valence-corrected chi connectivity index (χ1v) is 12.0. The lowest BCUT2D eigenvalue weighted by Crippen LogP contribution is -2.55. The molecule has 2 N–H and O–H groups in total. The molecular formula is C27H32FN5O3. The van der Waals surface area contributed by atoms with Crippen LogP contribution in [0.3, 0.4) is 0 Å². The SMILES string of the molecule is CC(=N)C1C(=N)CC(c2ccc(F)cc2-c2cccnc2)CC1=NOC1CN(C(=O)OC(C)(C)C)C1. The zero-order chi connectivity index (χ0) is 26.0. The molecule has 2 unspecified atom stereocenters. The normalized spacial score (nSPS) is 21.8. The quantitative estimate of drug-likeness (QED) is 0.427. The van der Waals surface area contributed by atoms with Crippen LogP contribution in [0.1, 0.15) is 52.0 Å². The largest absolute Gasteiger partial charge is 0.444 e. The van der Waals surface area contributed by atoms with Crippen LogP contribution < -0.4 is 0 Å². The predicted octanol–water partition coefficient (Wildman–Crippen LogP) is 5.43. The minimum absolute atomic E-state index is 0.120. The minimum Gasteiger partial charge on any atom is -0.444 e. The number of amides is 1. The molecule has 2 aliphatic rings. The Hall–Kier alpha value is -3.62. The van der Waals surface area contributed by atoms with Gasteiger partial charge >= 0.3 is 6.09 Å². The highest BCUT2D eigenvalue weighted by molar-refractivity contribution is 6.23. The van der Waals surface area contributed by atoms with Crippen LogP contribution in [0.5, 0.6) is 0 Å². The molecule has 1 aromatic carbocycles. The van der Waals surface area contributed by atoms with E-state index in [1.165, 1.54) is 12.1 Å². The van der Waals surface area contributed by atoms with Crippen LogP contribution in [0.2, 0.25) is 0 Å². The van der Waals surface area contributed by atoms with Crippen molar-refractivity contribution in [1.29, 1.82) is 10.8 Å². The maximum atomic E-state index is 14.2. The lowest BCUT2D eigenvalue weighted by molar-refractivity contribution is -0.0622. The van der Waals surface area contributed by atoms with E-state index in [1.54, 1.807) is 36.4 Å². The van der Waals surface area contributed by atoms with Crippen LogP contribution in [-0.4, -0.2) is 57.9 Å². The minimum atomic E-state index is -0.565. The Kier molecular flexibility index (Phi) is 7.19. The highest BCUT2D eigenvalue weighted by Gasteiger charge is 2.38. The van der Waals surface area contributed by atoms with Gasteiger partial charge in [-0.15, -0.1) is 0 Å². The van der Waals surface area contributed by atoms with Crippen molar-refractivity contribution in [3.8, 4) is 11.1 Å². The predicted molar refractivity (Wildman–Crippen MR) is 136 cm³/mol. The van der Waals surface area contributed by atoms with E-state index in [4.69, 9.17) is 20.4 Å². The van der Waals surface area contributed by atoms with E-state index in [1.807, 2.05) is 26.8 Å². The topological polar surface area (TPSA) is 112 Å². The van der Waals surface area contributed by atoms with Gasteiger partial charge in [0.25, 0.3) is 0 Å². The molecule has 1 aliphatic carbocycles. The first kappa shape index (κ1) is 25.5. The van der Waals surface area contributed by atoms with Crippen molar-refractivity contribution >= 4 is 23.2 Å². The summed E-state index contributed by atoms with van der Waals surface area (Å²) in [5, 5.41) is 21.3. The van der Waals surface area contributed by atoms with Gasteiger partial charge in [-0.2, -0.15) is 0 Å². The standard InChI is InChI=1S/C27H32FN5O3/c1-16(29)25-23(30)10-18(21-8-7-19(28)12-22(21)17-6-5-9-31-13-17)11-24(25)32-36-20-14-33(15-20)26(34)35-27(2,3)4/h5-9,12-13,18,20,25,29-30H,10-11,14-15H2,1-4H3. The number of hydrogen-bond donors (Lipinski definition) is 2. The molecule has 4 rings (SSSR count). The summed E-state index contributed by atoms with van der Waals surface area (Å²) in [6.45, 7) is 7.86. The summed E-state index contributed by atoms with van der Waals surface area (Å²) in [6, 6.07) is 8.38. The Morgan fingerprint density at radius 3 is 2.61 bits per heavy atom. The highest BCUT2D eigenvalue weighted by Crippen LogP contribution is 2.38. The fourth-order valence-corrected chi connectivity index (χ4v) is 4.63. The van der Waals surface area contributed by atoms with Gasteiger partial charge in [-0.05, 0) is 75.8 Å². The van der Waals surface area contributed by atoms with Gasteiger partial charge in [0.15, 0.2) is 6.10 Å². The molecule has 0 spiro atoms. The molecule has 1 aliphatic heterocycles. The third kappa shape index (κ3) is 5.78. The molecule has 1 saturated carbocycles. The van der Waals surface area contributed by atoms with Crippen molar-refractivity contribution in [1.82, 2.24) is 9.88 Å². The number of halogens is 1. The Bertz CT molecular complexity index is 1190. The molecule has 2 heterocycles. The average molecular weight is 494 g/mol. The summed E-state index contributed by atoms with van der Waals surface area (Å²) >= 11 is 0. The smallest absolute Gasteiger partial charge is 0.410 e. The zero-order valence-corrected chi connectivity index (χ0v) is 21.0. The number of aromatic nitrogens is 1. The summed E-state index contributed by atoms with van der Waals surface area (Å²) in [5.41, 5.74) is 3.19. The van der Waals surface area contributed by atoms with E-state index < -0.39 is 11.5 Å². The number of carbonyl (C=O) groups is 1. The molecule has 36 heavy (non-hydrogen) atoms. The monoisotopic (exact) mass is 493 g/mol. The van der Waals surface area contributed by atoms with E-state index >= 15 is 0 Å². The number of hydrogen-bond acceptors (Lipinski definition) is 7. The summed E-state index contributed by atoms with van der Waals surface area (Å²) in [7, 11) is 0. The first-order chi connectivity index (χ1) is 17.0. The molecule has 2 fully saturated rings. The Morgan fingerprint density at radius 1 is 1.22 bits per heavy atom. The summed E-state index contributed by atoms with van der Waals surface area (Å²) in [4.78, 5) is 23.7. The maximum Gasteiger partial charge on any atom is 0.410 e.